The molecule has 0 spiro atoms. The van der Waals surface area contributed by atoms with E-state index < -0.39 is 0 Å². The minimum Gasteiger partial charge on any atom is -1.00 e. The molecule has 1 heteroatoms. The van der Waals surface area contributed by atoms with Gasteiger partial charge in [-0.3, -0.25) is 0 Å². The van der Waals surface area contributed by atoms with Crippen LogP contribution in [0.25, 0.3) is 0 Å². The summed E-state index contributed by atoms with van der Waals surface area (Å²) in [5.74, 6) is 3.23. The average molecular weight is 332 g/mol. The fraction of sp³-hybridized carbons (Fsp3) is 0.444. The van der Waals surface area contributed by atoms with Crippen molar-refractivity contribution >= 4 is 0 Å². The second-order valence-corrected chi connectivity index (χ2v) is 5.65. The van der Waals surface area contributed by atoms with Crippen LogP contribution < -0.4 is 0 Å². The monoisotopic (exact) mass is 330 g/mol. The molecule has 0 N–H and O–H groups in total. The summed E-state index contributed by atoms with van der Waals surface area (Å²) >= 11 is 0. The van der Waals surface area contributed by atoms with Crippen LogP contribution >= 0.6 is 0 Å². The summed E-state index contributed by atoms with van der Waals surface area (Å²) in [7, 11) is 0. The summed E-state index contributed by atoms with van der Waals surface area (Å²) in [6.45, 7) is 0. The molecular weight excluding hydrogens is 307 g/mol. The maximum atomic E-state index is 2.42. The summed E-state index contributed by atoms with van der Waals surface area (Å²) in [6, 6.07) is 0. The number of allylic oxidation sites excluding steroid dienone is 8. The van der Waals surface area contributed by atoms with Gasteiger partial charge < -0.3 is 15.7 Å². The minimum atomic E-state index is 0. The van der Waals surface area contributed by atoms with Gasteiger partial charge in [0.2, 0.25) is 0 Å². The van der Waals surface area contributed by atoms with Crippen LogP contribution in [0.2, 0.25) is 0 Å². The van der Waals surface area contributed by atoms with E-state index in [4.69, 9.17) is 0 Å². The largest absolute Gasteiger partial charge is 4.00 e. The number of hydrogen-bond acceptors (Lipinski definition) is 0. The van der Waals surface area contributed by atoms with E-state index in [0.717, 1.165) is 23.7 Å². The Morgan fingerprint density at radius 2 is 1.11 bits per heavy atom. The Kier molecular flexibility index (Phi) is 6.08. The maximum absolute atomic E-state index is 2.42. The van der Waals surface area contributed by atoms with Crippen molar-refractivity contribution in [1.82, 2.24) is 0 Å². The van der Waals surface area contributed by atoms with Crippen LogP contribution in [-0.4, -0.2) is 0 Å². The molecule has 2 saturated carbocycles. The van der Waals surface area contributed by atoms with E-state index in [0.29, 0.717) is 0 Å². The molecule has 2 fully saturated rings. The first kappa shape index (κ1) is 15.2. The van der Waals surface area contributed by atoms with Gasteiger partial charge >= 0.3 is 26.2 Å². The van der Waals surface area contributed by atoms with Crippen molar-refractivity contribution < 1.29 is 29.1 Å². The molecule has 4 aliphatic carbocycles. The first-order valence-electron chi connectivity index (χ1n) is 7.30. The van der Waals surface area contributed by atoms with Crippen LogP contribution in [0.3, 0.4) is 0 Å². The van der Waals surface area contributed by atoms with Crippen LogP contribution in [0.15, 0.2) is 48.6 Å². The minimum absolute atomic E-state index is 0. The predicted molar refractivity (Wildman–Crippen MR) is 79.8 cm³/mol. The van der Waals surface area contributed by atoms with Crippen LogP contribution in [-0.2, 0) is 26.2 Å². The van der Waals surface area contributed by atoms with Gasteiger partial charge in [-0.05, 0) is 11.8 Å². The molecule has 0 heterocycles. The molecule has 4 rings (SSSR count). The van der Waals surface area contributed by atoms with E-state index in [1.54, 1.807) is 0 Å². The van der Waals surface area contributed by atoms with Gasteiger partial charge in [-0.15, -0.1) is 24.0 Å². The second kappa shape index (κ2) is 7.58. The first-order chi connectivity index (χ1) is 8.93. The normalized spacial score (nSPS) is 37.1. The molecule has 4 atom stereocenters. The molecule has 0 aromatic carbocycles. The standard InChI is InChI=1S/2C9H11.Zr.2H/c2*1-2-5-9-7-3-6-8(9)4-1;;;/h2*1-2,4-6,8-9H,3,7H2;;;/q2*-1;+4;2*-1. The van der Waals surface area contributed by atoms with Gasteiger partial charge in [0.25, 0.3) is 0 Å². The van der Waals surface area contributed by atoms with Crippen LogP contribution in [0.5, 0.6) is 0 Å². The Bertz CT molecular complexity index is 324. The number of rotatable bonds is 0. The smallest absolute Gasteiger partial charge is 1.00 e. The zero-order valence-electron chi connectivity index (χ0n) is 13.4. The van der Waals surface area contributed by atoms with Gasteiger partial charge in [-0.1, -0.05) is 49.3 Å². The average Bonchev–Trinajstić information content (AvgIpc) is 3.08. The number of hydrogen-bond donors (Lipinski definition) is 0. The molecule has 0 bridgehead atoms. The Morgan fingerprint density at radius 3 is 1.53 bits per heavy atom. The molecule has 0 aromatic rings. The Balaban J connectivity index is 0.000000333. The van der Waals surface area contributed by atoms with Crippen LogP contribution in [0, 0.1) is 36.5 Å². The SMILES string of the molecule is C1=CC2[CH-]CCC2C=C1.C1=CC2[CH-]CCC2C=C1.[H-].[H-].[Zr+4]. The van der Waals surface area contributed by atoms with Crippen molar-refractivity contribution in [3.05, 3.63) is 61.4 Å². The summed E-state index contributed by atoms with van der Waals surface area (Å²) in [6.07, 6.45) is 28.1. The van der Waals surface area contributed by atoms with Gasteiger partial charge in [0.05, 0.1) is 0 Å². The Labute approximate surface area is 139 Å². The van der Waals surface area contributed by atoms with Crippen molar-refractivity contribution in [3.63, 3.8) is 0 Å². The molecule has 0 radical (unpaired) electrons. The van der Waals surface area contributed by atoms with Gasteiger partial charge in [0.1, 0.15) is 0 Å². The summed E-state index contributed by atoms with van der Waals surface area (Å²) in [5, 5.41) is 0. The van der Waals surface area contributed by atoms with Gasteiger partial charge in [0.15, 0.2) is 0 Å². The zero-order valence-corrected chi connectivity index (χ0v) is 13.9. The van der Waals surface area contributed by atoms with Crippen LogP contribution in [0.1, 0.15) is 28.5 Å². The quantitative estimate of drug-likeness (QED) is 0.553. The van der Waals surface area contributed by atoms with Crippen molar-refractivity contribution in [2.24, 2.45) is 23.7 Å². The van der Waals surface area contributed by atoms with Crippen molar-refractivity contribution in [1.29, 1.82) is 0 Å². The van der Waals surface area contributed by atoms with Crippen molar-refractivity contribution in [2.75, 3.05) is 0 Å². The van der Waals surface area contributed by atoms with Gasteiger partial charge in [-0.2, -0.15) is 12.8 Å². The molecule has 100 valence electrons. The van der Waals surface area contributed by atoms with Gasteiger partial charge in [-0.25, -0.2) is 0 Å². The molecule has 0 nitrogen and oxygen atoms in total. The van der Waals surface area contributed by atoms with E-state index in [9.17, 15) is 0 Å². The molecule has 0 aromatic heterocycles. The summed E-state index contributed by atoms with van der Waals surface area (Å²) < 4.78 is 0. The summed E-state index contributed by atoms with van der Waals surface area (Å²) in [4.78, 5) is 0. The van der Waals surface area contributed by atoms with E-state index in [2.05, 4.69) is 61.4 Å². The van der Waals surface area contributed by atoms with E-state index in [1.165, 1.54) is 25.7 Å². The molecule has 4 aliphatic rings. The predicted octanol–water partition coefficient (Wildman–Crippen LogP) is 4.91. The molecule has 0 amide bonds. The van der Waals surface area contributed by atoms with Crippen molar-refractivity contribution in [2.45, 2.75) is 25.7 Å². The molecule has 19 heavy (non-hydrogen) atoms. The first-order valence-corrected chi connectivity index (χ1v) is 7.30. The maximum Gasteiger partial charge on any atom is 4.00 e. The number of fused-ring (bicyclic) bond motifs is 2. The van der Waals surface area contributed by atoms with E-state index in [1.807, 2.05) is 0 Å². The Hall–Kier alpha value is -0.157. The van der Waals surface area contributed by atoms with E-state index in [-0.39, 0.29) is 29.1 Å². The third-order valence-corrected chi connectivity index (χ3v) is 4.47. The molecule has 0 saturated heterocycles. The van der Waals surface area contributed by atoms with E-state index >= 15 is 0 Å². The Morgan fingerprint density at radius 1 is 0.684 bits per heavy atom. The zero-order chi connectivity index (χ0) is 12.2. The van der Waals surface area contributed by atoms with Crippen LogP contribution in [0.4, 0.5) is 0 Å². The molecular formula is C18H24Zr. The fourth-order valence-corrected chi connectivity index (χ4v) is 3.39. The topological polar surface area (TPSA) is 0 Å². The second-order valence-electron chi connectivity index (χ2n) is 5.65. The third-order valence-electron chi connectivity index (χ3n) is 4.47. The molecule has 0 aliphatic heterocycles. The fourth-order valence-electron chi connectivity index (χ4n) is 3.39. The molecule has 4 unspecified atom stereocenters. The van der Waals surface area contributed by atoms with Crippen molar-refractivity contribution in [3.8, 4) is 0 Å². The summed E-state index contributed by atoms with van der Waals surface area (Å²) in [5.41, 5.74) is 0. The van der Waals surface area contributed by atoms with Gasteiger partial charge in [0, 0.05) is 0 Å². The third kappa shape index (κ3) is 3.91.